The summed E-state index contributed by atoms with van der Waals surface area (Å²) < 4.78 is 11.1. The first-order valence-electron chi connectivity index (χ1n) is 19.0. The number of ether oxygens (including phenoxy) is 2. The van der Waals surface area contributed by atoms with Crippen LogP contribution in [0.25, 0.3) is 0 Å². The highest BCUT2D eigenvalue weighted by Crippen LogP contribution is 2.78. The number of carboxylic acid groups (broad SMARTS) is 1. The van der Waals surface area contributed by atoms with Gasteiger partial charge in [0.15, 0.2) is 0 Å². The van der Waals surface area contributed by atoms with Gasteiger partial charge in [-0.15, -0.1) is 0 Å². The highest BCUT2D eigenvalue weighted by Gasteiger charge is 2.75. The van der Waals surface area contributed by atoms with Crippen LogP contribution >= 0.6 is 22.6 Å². The first-order valence-corrected chi connectivity index (χ1v) is 20.1. The SMILES string of the molecule is CC(=O)O[C@@H]1CC[C@@]2(C)C(CC[C@]3(C)C2CCC2C4[C@](C(=O)O)(CC[C@@]4(I)C(C)C(=O)N(C)CCN4CCOCC4)CC[C@]23C)C1(C)C. The van der Waals surface area contributed by atoms with Crippen LogP contribution in [0.3, 0.4) is 0 Å². The van der Waals surface area contributed by atoms with Crippen molar-refractivity contribution in [2.75, 3.05) is 46.4 Å². The minimum atomic E-state index is -0.763. The monoisotopic (exact) mass is 782 g/mol. The zero-order chi connectivity index (χ0) is 35.1. The molecule has 0 bridgehead atoms. The minimum absolute atomic E-state index is 0.00382. The Hall–Kier alpha value is -0.940. The molecule has 1 amide bonds. The zero-order valence-corrected chi connectivity index (χ0v) is 33.2. The molecule has 6 aliphatic rings. The number of fused-ring (bicyclic) bond motifs is 7. The van der Waals surface area contributed by atoms with Gasteiger partial charge in [0.2, 0.25) is 5.91 Å². The van der Waals surface area contributed by atoms with Gasteiger partial charge in [-0.25, -0.2) is 0 Å². The van der Waals surface area contributed by atoms with E-state index in [9.17, 15) is 19.5 Å². The number of amides is 1. The number of aliphatic carboxylic acids is 1. The van der Waals surface area contributed by atoms with Crippen LogP contribution in [0, 0.1) is 56.7 Å². The second kappa shape index (κ2) is 12.6. The summed E-state index contributed by atoms with van der Waals surface area (Å²) in [6.07, 6.45) is 9.43. The largest absolute Gasteiger partial charge is 0.481 e. The van der Waals surface area contributed by atoms with Gasteiger partial charge in [-0.2, -0.15) is 0 Å². The van der Waals surface area contributed by atoms with E-state index in [2.05, 4.69) is 69.0 Å². The normalized spacial score (nSPS) is 45.9. The second-order valence-electron chi connectivity index (χ2n) is 18.4. The number of nitrogens with zero attached hydrogens (tertiary/aromatic N) is 2. The molecule has 0 spiro atoms. The number of carboxylic acids is 1. The third-order valence-electron chi connectivity index (χ3n) is 16.5. The number of carbonyl (C=O) groups excluding carboxylic acids is 2. The summed E-state index contributed by atoms with van der Waals surface area (Å²) in [6, 6.07) is 0. The van der Waals surface area contributed by atoms with Crippen LogP contribution in [0.4, 0.5) is 0 Å². The summed E-state index contributed by atoms with van der Waals surface area (Å²) in [5.74, 6) is 0.337. The van der Waals surface area contributed by atoms with Crippen molar-refractivity contribution >= 4 is 40.4 Å². The summed E-state index contributed by atoms with van der Waals surface area (Å²) in [7, 11) is 1.94. The molecule has 6 rings (SSSR count). The van der Waals surface area contributed by atoms with Crippen LogP contribution in [0.15, 0.2) is 0 Å². The van der Waals surface area contributed by atoms with Crippen molar-refractivity contribution in [3.05, 3.63) is 0 Å². The van der Waals surface area contributed by atoms with Crippen molar-refractivity contribution in [3.63, 3.8) is 0 Å². The molecular formula is C39H63IN2O6. The lowest BCUT2D eigenvalue weighted by Gasteiger charge is -2.73. The molecule has 0 aromatic heterocycles. The van der Waals surface area contributed by atoms with Crippen molar-refractivity contribution in [1.82, 2.24) is 9.80 Å². The summed E-state index contributed by atoms with van der Waals surface area (Å²) in [6.45, 7) is 20.8. The first-order chi connectivity index (χ1) is 22.4. The molecule has 0 radical (unpaired) electrons. The van der Waals surface area contributed by atoms with Crippen LogP contribution < -0.4 is 0 Å². The molecule has 8 nitrogen and oxygen atoms in total. The van der Waals surface area contributed by atoms with Gasteiger partial charge in [0.1, 0.15) is 6.10 Å². The van der Waals surface area contributed by atoms with E-state index in [1.165, 1.54) is 6.92 Å². The highest BCUT2D eigenvalue weighted by atomic mass is 127. The number of rotatable bonds is 7. The predicted molar refractivity (Wildman–Crippen MR) is 195 cm³/mol. The number of alkyl halides is 1. The van der Waals surface area contributed by atoms with E-state index >= 15 is 0 Å². The fourth-order valence-electron chi connectivity index (χ4n) is 13.6. The van der Waals surface area contributed by atoms with E-state index in [1.807, 2.05) is 11.9 Å². The molecule has 0 aromatic carbocycles. The number of esters is 1. The average molecular weight is 783 g/mol. The molecule has 1 aliphatic heterocycles. The van der Waals surface area contributed by atoms with Crippen LogP contribution in [0.2, 0.25) is 0 Å². The molecule has 5 aliphatic carbocycles. The van der Waals surface area contributed by atoms with Crippen LogP contribution in [0.1, 0.15) is 113 Å². The molecule has 1 heterocycles. The Morgan fingerprint density at radius 3 is 2.23 bits per heavy atom. The van der Waals surface area contributed by atoms with Crippen LogP contribution in [-0.4, -0.2) is 88.7 Å². The molecule has 5 saturated carbocycles. The smallest absolute Gasteiger partial charge is 0.309 e. The first kappa shape index (κ1) is 36.8. The molecule has 9 heteroatoms. The lowest BCUT2D eigenvalue weighted by atomic mass is 9.32. The fourth-order valence-corrected chi connectivity index (χ4v) is 15.2. The Morgan fingerprint density at radius 1 is 0.917 bits per heavy atom. The Kier molecular flexibility index (Phi) is 9.69. The van der Waals surface area contributed by atoms with E-state index in [4.69, 9.17) is 9.47 Å². The lowest BCUT2D eigenvalue weighted by Crippen LogP contribution is -2.68. The van der Waals surface area contributed by atoms with Crippen LogP contribution in [0.5, 0.6) is 0 Å². The van der Waals surface area contributed by atoms with Crippen molar-refractivity contribution in [1.29, 1.82) is 0 Å². The summed E-state index contributed by atoms with van der Waals surface area (Å²) in [5.41, 5.74) is -0.628. The van der Waals surface area contributed by atoms with E-state index in [1.54, 1.807) is 0 Å². The van der Waals surface area contributed by atoms with Crippen LogP contribution in [-0.2, 0) is 23.9 Å². The Bertz CT molecular complexity index is 1290. The van der Waals surface area contributed by atoms with Gasteiger partial charge in [-0.3, -0.25) is 19.3 Å². The number of carbonyl (C=O) groups is 3. The van der Waals surface area contributed by atoms with E-state index in [0.29, 0.717) is 31.2 Å². The van der Waals surface area contributed by atoms with Gasteiger partial charge in [0, 0.05) is 49.0 Å². The van der Waals surface area contributed by atoms with Crippen molar-refractivity contribution in [3.8, 4) is 0 Å². The standard InChI is InChI=1S/C39H63IN2O6/c1-25(32(44)41(8)19-20-42-21-23-47-24-22-42)39(40)18-17-38(33(45)46)16-15-36(6)27(31(38)39)9-10-29-35(5)13-12-30(48-26(2)43)34(3,4)28(35)11-14-37(29,36)7/h25,27-31H,9-24H2,1-8H3,(H,45,46)/t25?,27?,28?,29?,30-,31?,35+,36-,37-,38-,39-/m1/s1. The number of morpholine rings is 1. The van der Waals surface area contributed by atoms with Gasteiger partial charge in [-0.05, 0) is 104 Å². The summed E-state index contributed by atoms with van der Waals surface area (Å²) in [4.78, 5) is 44.0. The molecule has 5 unspecified atom stereocenters. The van der Waals surface area contributed by atoms with Gasteiger partial charge in [-0.1, -0.05) is 64.1 Å². The zero-order valence-electron chi connectivity index (χ0n) is 31.0. The lowest BCUT2D eigenvalue weighted by molar-refractivity contribution is -0.250. The number of hydrogen-bond donors (Lipinski definition) is 1. The van der Waals surface area contributed by atoms with Gasteiger partial charge in [0.25, 0.3) is 0 Å². The maximum Gasteiger partial charge on any atom is 0.309 e. The second-order valence-corrected chi connectivity index (χ2v) is 20.4. The molecule has 1 saturated heterocycles. The van der Waals surface area contributed by atoms with Crippen molar-refractivity contribution < 1.29 is 29.0 Å². The quantitative estimate of drug-likeness (QED) is 0.168. The molecule has 11 atom stereocenters. The predicted octanol–water partition coefficient (Wildman–Crippen LogP) is 7.07. The molecule has 0 aromatic rings. The Balaban J connectivity index is 1.29. The summed E-state index contributed by atoms with van der Waals surface area (Å²) >= 11 is 2.61. The van der Waals surface area contributed by atoms with Crippen molar-refractivity contribution in [2.45, 2.75) is 122 Å². The highest BCUT2D eigenvalue weighted by molar-refractivity contribution is 14.1. The Morgan fingerprint density at radius 2 is 1.58 bits per heavy atom. The number of likely N-dealkylation sites (N-methyl/N-ethyl adjacent to an activating group) is 1. The third-order valence-corrected chi connectivity index (χ3v) is 18.6. The molecule has 6 fully saturated rings. The molecule has 48 heavy (non-hydrogen) atoms. The maximum atomic E-state index is 14.2. The maximum absolute atomic E-state index is 14.2. The topological polar surface area (TPSA) is 96.4 Å². The molecule has 272 valence electrons. The van der Waals surface area contributed by atoms with Gasteiger partial charge >= 0.3 is 11.9 Å². The summed E-state index contributed by atoms with van der Waals surface area (Å²) in [5, 5.41) is 11.1. The minimum Gasteiger partial charge on any atom is -0.481 e. The third kappa shape index (κ3) is 5.33. The van der Waals surface area contributed by atoms with Gasteiger partial charge in [0.05, 0.1) is 24.5 Å². The van der Waals surface area contributed by atoms with E-state index < -0.39 is 14.8 Å². The average Bonchev–Trinajstić information content (AvgIpc) is 3.36. The molecule has 1 N–H and O–H groups in total. The van der Waals surface area contributed by atoms with Gasteiger partial charge < -0.3 is 19.5 Å². The van der Waals surface area contributed by atoms with E-state index in [-0.39, 0.29) is 57.4 Å². The van der Waals surface area contributed by atoms with E-state index in [0.717, 1.165) is 84.2 Å². The fraction of sp³-hybridized carbons (Fsp3) is 0.923. The number of hydrogen-bond acceptors (Lipinski definition) is 6. The number of halogens is 1. The van der Waals surface area contributed by atoms with Crippen molar-refractivity contribution in [2.24, 2.45) is 56.7 Å². The molecular weight excluding hydrogens is 719 g/mol. The Labute approximate surface area is 303 Å².